The summed E-state index contributed by atoms with van der Waals surface area (Å²) in [5, 5.41) is 79.5. The number of rotatable bonds is 0. The van der Waals surface area contributed by atoms with Gasteiger partial charge in [-0.25, -0.2) is 37.3 Å². The molecule has 0 spiro atoms. The Morgan fingerprint density at radius 1 is 0.254 bits per heavy atom. The van der Waals surface area contributed by atoms with Crippen LogP contribution in [0.5, 0.6) is 0 Å². The van der Waals surface area contributed by atoms with Crippen molar-refractivity contribution in [2.75, 3.05) is 46.7 Å². The van der Waals surface area contributed by atoms with Crippen molar-refractivity contribution in [1.29, 1.82) is 0 Å². The molecule has 0 aliphatic rings. The normalized spacial score (nSPS) is 9.08. The maximum Gasteiger partial charge on any atom is 2.00 e. The van der Waals surface area contributed by atoms with E-state index in [2.05, 4.69) is 123 Å². The van der Waals surface area contributed by atoms with Gasteiger partial charge in [0.05, 0.1) is 0 Å². The predicted molar refractivity (Wildman–Crippen MR) is 144 cm³/mol. The number of halogens is 2. The van der Waals surface area contributed by atoms with Gasteiger partial charge in [0.2, 0.25) is 0 Å². The van der Waals surface area contributed by atoms with Crippen molar-refractivity contribution in [3.05, 3.63) is 50.6 Å². The van der Waals surface area contributed by atoms with Crippen LogP contribution in [0.15, 0.2) is 50.6 Å². The number of hydrogen-bond acceptors (Lipinski definition) is 40. The largest absolute Gasteiger partial charge is 2.00 e. The van der Waals surface area contributed by atoms with Crippen molar-refractivity contribution in [2.24, 2.45) is 0 Å². The second-order valence-corrected chi connectivity index (χ2v) is 8.32. The van der Waals surface area contributed by atoms with Crippen LogP contribution in [0, 0.1) is 20.5 Å². The average molecular weight is 935 g/mol. The van der Waals surface area contributed by atoms with Gasteiger partial charge in [-0.15, -0.1) is 102 Å². The number of nitrogens with zero attached hydrogens (tertiary/aromatic N) is 32. The van der Waals surface area contributed by atoms with Crippen LogP contribution in [0.2, 0.25) is 0 Å². The van der Waals surface area contributed by atoms with Gasteiger partial charge in [0.25, 0.3) is 0 Å². The van der Waals surface area contributed by atoms with Gasteiger partial charge in [-0.05, 0) is 41.7 Å². The molecule has 0 amide bonds. The third-order valence-corrected chi connectivity index (χ3v) is 2.92. The Labute approximate surface area is 334 Å². The standard InChI is InChI=1S/8CH3N5.2ClHO4.Fe/c8*2-6-4-1-3-5-6;2*2-1(3,4)5;/h8*1H,2H2;2*(H,2,3,4,5);/q;;;;;;;;;;+2/p-2. The van der Waals surface area contributed by atoms with Crippen LogP contribution in [0.25, 0.3) is 0 Å². The smallest absolute Gasteiger partial charge is 0.304 e. The maximum atomic E-state index is 8.49. The van der Waals surface area contributed by atoms with Crippen molar-refractivity contribution >= 4 is 0 Å². The molecule has 0 unspecified atom stereocenters. The summed E-state index contributed by atoms with van der Waals surface area (Å²) in [5.74, 6) is 39.3. The maximum absolute atomic E-state index is 8.49. The fourth-order valence-electron chi connectivity index (χ4n) is 1.40. The van der Waals surface area contributed by atoms with Crippen LogP contribution in [-0.2, 0) is 17.1 Å². The minimum absolute atomic E-state index is 0. The zero-order valence-corrected chi connectivity index (χ0v) is 30.5. The van der Waals surface area contributed by atoms with E-state index in [4.69, 9.17) is 84.0 Å². The number of nitrogen functional groups attached to an aromatic ring is 8. The summed E-state index contributed by atoms with van der Waals surface area (Å²) in [6, 6.07) is 0. The molecule has 59 heavy (non-hydrogen) atoms. The summed E-state index contributed by atoms with van der Waals surface area (Å²) >= 11 is 0. The second-order valence-electron chi connectivity index (χ2n) is 6.81. The first kappa shape index (κ1) is 55.1. The third-order valence-electron chi connectivity index (χ3n) is 2.92. The van der Waals surface area contributed by atoms with Crippen LogP contribution in [-0.4, -0.2) is 163 Å². The van der Waals surface area contributed by atoms with Crippen LogP contribution in [0.1, 0.15) is 0 Å². The monoisotopic (exact) mass is 934 g/mol. The molecule has 0 atom stereocenters. The molecule has 0 saturated heterocycles. The van der Waals surface area contributed by atoms with E-state index in [0.29, 0.717) is 0 Å². The molecule has 0 saturated carbocycles. The Morgan fingerprint density at radius 3 is 0.356 bits per heavy atom. The molecule has 326 valence electrons. The van der Waals surface area contributed by atoms with E-state index in [-0.39, 0.29) is 17.1 Å². The summed E-state index contributed by atoms with van der Waals surface area (Å²) in [7, 11) is -9.89. The fourth-order valence-corrected chi connectivity index (χ4v) is 1.40. The van der Waals surface area contributed by atoms with Gasteiger partial charge >= 0.3 is 17.1 Å². The molecule has 51 heteroatoms. The number of tetrazole rings is 8. The number of hydrogen-bond donors (Lipinski definition) is 8. The van der Waals surface area contributed by atoms with Crippen molar-refractivity contribution in [2.45, 2.75) is 0 Å². The second kappa shape index (κ2) is 33.1. The van der Waals surface area contributed by atoms with Crippen LogP contribution in [0.3, 0.4) is 0 Å². The Bertz CT molecular complexity index is 1460. The summed E-state index contributed by atoms with van der Waals surface area (Å²) < 4.78 is 67.9. The van der Waals surface area contributed by atoms with E-state index in [9.17, 15) is 0 Å². The number of nitrogens with two attached hydrogens (primary N) is 8. The zero-order chi connectivity index (χ0) is 44.2. The van der Waals surface area contributed by atoms with E-state index >= 15 is 0 Å². The van der Waals surface area contributed by atoms with Gasteiger partial charge in [0.1, 0.15) is 0 Å². The molecule has 8 aromatic heterocycles. The minimum Gasteiger partial charge on any atom is -0.304 e. The first-order chi connectivity index (χ1) is 27.2. The van der Waals surface area contributed by atoms with Gasteiger partial charge in [0, 0.05) is 0 Å². The van der Waals surface area contributed by atoms with Gasteiger partial charge in [-0.3, -0.25) is 0 Å². The van der Waals surface area contributed by atoms with Crippen molar-refractivity contribution in [1.82, 2.24) is 163 Å². The molecule has 0 bridgehead atoms. The van der Waals surface area contributed by atoms with E-state index in [1.807, 2.05) is 0 Å². The van der Waals surface area contributed by atoms with Crippen LogP contribution in [0.4, 0.5) is 0 Å². The molecule has 8 rings (SSSR count). The molecule has 48 nitrogen and oxygen atoms in total. The average Bonchev–Trinajstić information content (AvgIpc) is 3.95. The molecule has 0 radical (unpaired) electrons. The zero-order valence-electron chi connectivity index (χ0n) is 27.9. The van der Waals surface area contributed by atoms with Crippen LogP contribution >= 0.6 is 0 Å². The summed E-state index contributed by atoms with van der Waals surface area (Å²) in [6.07, 6.45) is 10.1. The Morgan fingerprint density at radius 2 is 0.339 bits per heavy atom. The van der Waals surface area contributed by atoms with Gasteiger partial charge in [-0.2, -0.15) is 0 Å². The van der Waals surface area contributed by atoms with E-state index in [0.717, 1.165) is 39.2 Å². The van der Waals surface area contributed by atoms with Crippen molar-refractivity contribution in [3.8, 4) is 0 Å². The van der Waals surface area contributed by atoms with E-state index in [1.54, 1.807) is 0 Å². The van der Waals surface area contributed by atoms with Gasteiger partial charge < -0.3 is 46.7 Å². The Kier molecular flexibility index (Phi) is 30.9. The van der Waals surface area contributed by atoms with E-state index in [1.165, 1.54) is 50.6 Å². The summed E-state index contributed by atoms with van der Waals surface area (Å²) in [6.45, 7) is 0. The molecule has 0 fully saturated rings. The third kappa shape index (κ3) is 49.7. The van der Waals surface area contributed by atoms with Gasteiger partial charge in [0.15, 0.2) is 50.6 Å². The first-order valence-electron chi connectivity index (χ1n) is 12.2. The van der Waals surface area contributed by atoms with Gasteiger partial charge in [-0.1, -0.05) is 39.2 Å². The minimum atomic E-state index is -4.94. The molecular formula is C8H24Cl2FeN40O8. The fraction of sp³-hybridized carbons (Fsp3) is 0. The topological polar surface area (TPSA) is 741 Å². The quantitative estimate of drug-likeness (QED) is 0.0517. The molecule has 0 aliphatic heterocycles. The SMILES string of the molecule is Nn1ncnn1.Nn1ncnn1.Nn1ncnn1.Nn1ncnn1.Nn1ncnn1.Nn1ncnn1.Nn1ncnn1.Nn1ncnn1.[Fe+2].[O-][Cl+3]([O-])([O-])[O-].[O-][Cl+3]([O-])([O-])[O-]. The molecule has 8 aromatic rings. The number of aromatic nitrogens is 32. The Balaban J connectivity index is -0.000000590. The van der Waals surface area contributed by atoms with Crippen molar-refractivity contribution in [3.63, 3.8) is 0 Å². The summed E-state index contributed by atoms with van der Waals surface area (Å²) in [5.41, 5.74) is 0. The molecule has 0 aliphatic carbocycles. The Hall–Kier alpha value is -8.26. The first-order valence-corrected chi connectivity index (χ1v) is 14.7. The predicted octanol–water partition coefficient (Wildman–Crippen LogP) is -22.4. The molecule has 0 aromatic carbocycles. The van der Waals surface area contributed by atoms with Crippen LogP contribution < -0.4 is 84.0 Å². The molecular weight excluding hydrogens is 911 g/mol. The summed E-state index contributed by atoms with van der Waals surface area (Å²) in [4.78, 5) is 7.11. The molecule has 16 N–H and O–H groups in total. The van der Waals surface area contributed by atoms with E-state index < -0.39 is 20.5 Å². The molecule has 8 heterocycles. The van der Waals surface area contributed by atoms with Crippen molar-refractivity contribution < 1.29 is 74.8 Å².